The molecule has 0 spiro atoms. The first-order valence-corrected chi connectivity index (χ1v) is 6.01. The standard InChI is InChI=1S/C13H19ClN2O/c1-7-17-9(3)10-8(2)11(14)16-12(15-10)13(4,5)6/h3,7H2,1-2,4-6H3. The molecule has 0 radical (unpaired) electrons. The van der Waals surface area contributed by atoms with Gasteiger partial charge in [0.15, 0.2) is 0 Å². The second-order valence-electron chi connectivity index (χ2n) is 4.92. The van der Waals surface area contributed by atoms with Gasteiger partial charge in [-0.1, -0.05) is 39.0 Å². The maximum atomic E-state index is 6.12. The summed E-state index contributed by atoms with van der Waals surface area (Å²) in [6, 6.07) is 0. The number of hydrogen-bond donors (Lipinski definition) is 0. The topological polar surface area (TPSA) is 35.0 Å². The Hall–Kier alpha value is -1.09. The van der Waals surface area contributed by atoms with Crippen LogP contribution >= 0.6 is 11.6 Å². The Bertz CT molecular complexity index is 436. The zero-order valence-corrected chi connectivity index (χ0v) is 11.9. The minimum absolute atomic E-state index is 0.154. The molecule has 94 valence electrons. The number of hydrogen-bond acceptors (Lipinski definition) is 3. The van der Waals surface area contributed by atoms with E-state index in [0.29, 0.717) is 29.0 Å². The molecule has 1 heterocycles. The van der Waals surface area contributed by atoms with E-state index in [-0.39, 0.29) is 5.41 Å². The third-order valence-corrected chi connectivity index (χ3v) is 2.71. The molecule has 0 aliphatic carbocycles. The van der Waals surface area contributed by atoms with E-state index in [0.717, 1.165) is 5.56 Å². The zero-order valence-electron chi connectivity index (χ0n) is 11.1. The molecule has 0 aliphatic heterocycles. The van der Waals surface area contributed by atoms with Crippen molar-refractivity contribution in [2.75, 3.05) is 6.61 Å². The van der Waals surface area contributed by atoms with Gasteiger partial charge in [-0.3, -0.25) is 0 Å². The number of halogens is 1. The predicted octanol–water partition coefficient (Wildman–Crippen LogP) is 3.74. The minimum Gasteiger partial charge on any atom is -0.492 e. The van der Waals surface area contributed by atoms with E-state index >= 15 is 0 Å². The van der Waals surface area contributed by atoms with Crippen molar-refractivity contribution in [3.05, 3.63) is 28.8 Å². The van der Waals surface area contributed by atoms with E-state index in [2.05, 4.69) is 16.5 Å². The molecule has 1 aromatic heterocycles. The molecule has 4 heteroatoms. The van der Waals surface area contributed by atoms with Crippen molar-refractivity contribution >= 4 is 17.4 Å². The first-order valence-electron chi connectivity index (χ1n) is 5.64. The van der Waals surface area contributed by atoms with Crippen molar-refractivity contribution in [3.8, 4) is 0 Å². The Kier molecular flexibility index (Phi) is 4.15. The summed E-state index contributed by atoms with van der Waals surface area (Å²) in [5, 5.41) is 0.459. The highest BCUT2D eigenvalue weighted by molar-refractivity contribution is 6.30. The molecule has 0 aliphatic rings. The molecule has 0 saturated carbocycles. The van der Waals surface area contributed by atoms with Gasteiger partial charge in [-0.05, 0) is 13.8 Å². The molecule has 0 aromatic carbocycles. The minimum atomic E-state index is -0.154. The molecule has 1 aromatic rings. The van der Waals surface area contributed by atoms with Crippen LogP contribution in [0.2, 0.25) is 5.15 Å². The fraction of sp³-hybridized carbons (Fsp3) is 0.538. The highest BCUT2D eigenvalue weighted by atomic mass is 35.5. The van der Waals surface area contributed by atoms with E-state index in [9.17, 15) is 0 Å². The summed E-state index contributed by atoms with van der Waals surface area (Å²) in [5.74, 6) is 1.24. The van der Waals surface area contributed by atoms with E-state index in [1.165, 1.54) is 0 Å². The van der Waals surface area contributed by atoms with Gasteiger partial charge in [0.1, 0.15) is 22.4 Å². The molecular weight excluding hydrogens is 236 g/mol. The van der Waals surface area contributed by atoms with Crippen LogP contribution in [0.25, 0.3) is 5.76 Å². The van der Waals surface area contributed by atoms with Crippen LogP contribution in [0.5, 0.6) is 0 Å². The number of ether oxygens (including phenoxy) is 1. The second kappa shape index (κ2) is 5.05. The molecule has 0 amide bonds. The SMILES string of the molecule is C=C(OCC)c1nc(C(C)(C)C)nc(Cl)c1C. The third-order valence-electron chi connectivity index (χ3n) is 2.34. The third kappa shape index (κ3) is 3.19. The normalized spacial score (nSPS) is 11.4. The van der Waals surface area contributed by atoms with Crippen LogP contribution in [0.1, 0.15) is 44.8 Å². The fourth-order valence-electron chi connectivity index (χ4n) is 1.34. The van der Waals surface area contributed by atoms with Gasteiger partial charge in [-0.15, -0.1) is 0 Å². The molecule has 17 heavy (non-hydrogen) atoms. The molecule has 0 unspecified atom stereocenters. The van der Waals surface area contributed by atoms with Crippen LogP contribution in [0, 0.1) is 6.92 Å². The summed E-state index contributed by atoms with van der Waals surface area (Å²) in [5.41, 5.74) is 1.34. The Balaban J connectivity index is 3.30. The maximum absolute atomic E-state index is 6.12. The molecule has 0 fully saturated rings. The molecule has 0 N–H and O–H groups in total. The Labute approximate surface area is 108 Å². The van der Waals surface area contributed by atoms with Crippen LogP contribution in [-0.4, -0.2) is 16.6 Å². The number of nitrogens with zero attached hydrogens (tertiary/aromatic N) is 2. The van der Waals surface area contributed by atoms with Crippen molar-refractivity contribution in [2.45, 2.75) is 40.0 Å². The van der Waals surface area contributed by atoms with Gasteiger partial charge in [0.05, 0.1) is 6.61 Å². The van der Waals surface area contributed by atoms with Crippen LogP contribution in [0.15, 0.2) is 6.58 Å². The monoisotopic (exact) mass is 254 g/mol. The highest BCUT2D eigenvalue weighted by Crippen LogP contribution is 2.26. The largest absolute Gasteiger partial charge is 0.492 e. The summed E-state index contributed by atoms with van der Waals surface area (Å²) in [4.78, 5) is 8.81. The lowest BCUT2D eigenvalue weighted by Crippen LogP contribution is -2.18. The maximum Gasteiger partial charge on any atom is 0.138 e. The van der Waals surface area contributed by atoms with Crippen molar-refractivity contribution < 1.29 is 4.74 Å². The van der Waals surface area contributed by atoms with Crippen LogP contribution < -0.4 is 0 Å². The first kappa shape index (κ1) is 14.0. The predicted molar refractivity (Wildman–Crippen MR) is 71.1 cm³/mol. The van der Waals surface area contributed by atoms with Crippen LogP contribution in [0.4, 0.5) is 0 Å². The van der Waals surface area contributed by atoms with Crippen molar-refractivity contribution in [1.29, 1.82) is 0 Å². The summed E-state index contributed by atoms with van der Waals surface area (Å²) >= 11 is 6.12. The van der Waals surface area contributed by atoms with Crippen LogP contribution in [0.3, 0.4) is 0 Å². The van der Waals surface area contributed by atoms with E-state index < -0.39 is 0 Å². The summed E-state index contributed by atoms with van der Waals surface area (Å²) < 4.78 is 5.39. The van der Waals surface area contributed by atoms with Gasteiger partial charge in [-0.2, -0.15) is 0 Å². The van der Waals surface area contributed by atoms with Gasteiger partial charge in [0, 0.05) is 11.0 Å². The van der Waals surface area contributed by atoms with E-state index in [1.54, 1.807) is 0 Å². The van der Waals surface area contributed by atoms with E-state index in [1.807, 2.05) is 34.6 Å². The van der Waals surface area contributed by atoms with Gasteiger partial charge < -0.3 is 4.74 Å². The summed E-state index contributed by atoms with van der Waals surface area (Å²) in [7, 11) is 0. The summed E-state index contributed by atoms with van der Waals surface area (Å²) in [6.07, 6.45) is 0. The van der Waals surface area contributed by atoms with E-state index in [4.69, 9.17) is 16.3 Å². The van der Waals surface area contributed by atoms with Gasteiger partial charge >= 0.3 is 0 Å². The summed E-state index contributed by atoms with van der Waals surface area (Å²) in [6.45, 7) is 14.3. The Morgan fingerprint density at radius 3 is 2.41 bits per heavy atom. The lowest BCUT2D eigenvalue weighted by atomic mass is 9.95. The lowest BCUT2D eigenvalue weighted by Gasteiger charge is -2.19. The quantitative estimate of drug-likeness (QED) is 0.609. The van der Waals surface area contributed by atoms with Crippen LogP contribution in [-0.2, 0) is 10.2 Å². The first-order chi connectivity index (χ1) is 7.77. The number of rotatable bonds is 3. The lowest BCUT2D eigenvalue weighted by molar-refractivity contribution is 0.297. The molecule has 0 bridgehead atoms. The molecule has 1 rings (SSSR count). The smallest absolute Gasteiger partial charge is 0.138 e. The molecule has 0 saturated heterocycles. The zero-order chi connectivity index (χ0) is 13.2. The highest BCUT2D eigenvalue weighted by Gasteiger charge is 2.21. The van der Waals surface area contributed by atoms with Gasteiger partial charge in [0.25, 0.3) is 0 Å². The average Bonchev–Trinajstić information content (AvgIpc) is 2.20. The molecule has 3 nitrogen and oxygen atoms in total. The van der Waals surface area contributed by atoms with Gasteiger partial charge in [0.2, 0.25) is 0 Å². The average molecular weight is 255 g/mol. The molecular formula is C13H19ClN2O. The molecule has 0 atom stereocenters. The van der Waals surface area contributed by atoms with Gasteiger partial charge in [-0.25, -0.2) is 9.97 Å². The fourth-order valence-corrected chi connectivity index (χ4v) is 1.51. The van der Waals surface area contributed by atoms with Crippen molar-refractivity contribution in [1.82, 2.24) is 9.97 Å². The van der Waals surface area contributed by atoms with Crippen molar-refractivity contribution in [3.63, 3.8) is 0 Å². The second-order valence-corrected chi connectivity index (χ2v) is 5.28. The Morgan fingerprint density at radius 1 is 1.35 bits per heavy atom. The number of aromatic nitrogens is 2. The Morgan fingerprint density at radius 2 is 1.94 bits per heavy atom. The van der Waals surface area contributed by atoms with Crippen molar-refractivity contribution in [2.24, 2.45) is 0 Å².